The van der Waals surface area contributed by atoms with Gasteiger partial charge in [-0.2, -0.15) is 0 Å². The van der Waals surface area contributed by atoms with Crippen molar-refractivity contribution in [2.24, 2.45) is 0 Å². The highest BCUT2D eigenvalue weighted by Crippen LogP contribution is 2.37. The Morgan fingerprint density at radius 1 is 1.05 bits per heavy atom. The van der Waals surface area contributed by atoms with Crippen molar-refractivity contribution in [3.8, 4) is 11.5 Å². The molecule has 0 saturated carbocycles. The molecule has 3 rings (SSSR count). The number of benzene rings is 1. The van der Waals surface area contributed by atoms with Crippen LogP contribution in [0, 0.1) is 0 Å². The van der Waals surface area contributed by atoms with Crippen LogP contribution in [0.4, 0.5) is 0 Å². The second-order valence-corrected chi connectivity index (χ2v) is 5.02. The monoisotopic (exact) mass is 260 g/mol. The normalized spacial score (nSPS) is 16.7. The van der Waals surface area contributed by atoms with Crippen molar-refractivity contribution < 1.29 is 9.47 Å². The van der Waals surface area contributed by atoms with Crippen molar-refractivity contribution in [2.45, 2.75) is 18.8 Å². The molecule has 19 heavy (non-hydrogen) atoms. The second kappa shape index (κ2) is 5.13. The van der Waals surface area contributed by atoms with Gasteiger partial charge in [0.15, 0.2) is 11.5 Å². The molecule has 0 atom stereocenters. The van der Waals surface area contributed by atoms with E-state index in [0.29, 0.717) is 5.92 Å². The van der Waals surface area contributed by atoms with Gasteiger partial charge in [0, 0.05) is 23.2 Å². The molecular weight excluding hydrogens is 240 g/mol. The minimum Gasteiger partial charge on any atom is -0.493 e. The first kappa shape index (κ1) is 12.4. The number of H-pyrrole nitrogens is 1. The summed E-state index contributed by atoms with van der Waals surface area (Å²) in [6.07, 6.45) is 4.53. The Balaban J connectivity index is 2.06. The fourth-order valence-electron chi connectivity index (χ4n) is 2.94. The Kier molecular flexibility index (Phi) is 3.34. The number of methoxy groups -OCH3 is 2. The minimum atomic E-state index is 0.633. The highest BCUT2D eigenvalue weighted by Gasteiger charge is 2.19. The first-order chi connectivity index (χ1) is 9.33. The van der Waals surface area contributed by atoms with Crippen molar-refractivity contribution in [1.29, 1.82) is 0 Å². The lowest BCUT2D eigenvalue weighted by Crippen LogP contribution is -2.26. The summed E-state index contributed by atoms with van der Waals surface area (Å²) < 4.78 is 10.7. The van der Waals surface area contributed by atoms with E-state index >= 15 is 0 Å². The molecule has 2 N–H and O–H groups in total. The highest BCUT2D eigenvalue weighted by molar-refractivity contribution is 5.87. The van der Waals surface area contributed by atoms with E-state index in [2.05, 4.69) is 22.6 Å². The zero-order valence-corrected chi connectivity index (χ0v) is 11.5. The summed E-state index contributed by atoms with van der Waals surface area (Å²) in [7, 11) is 3.35. The standard InChI is InChI=1S/C15H20N2O2/c1-18-14-7-11-12(10-3-5-16-6-4-10)9-17-13(11)8-15(14)19-2/h7-10,16-17H,3-6H2,1-2H3. The summed E-state index contributed by atoms with van der Waals surface area (Å²) >= 11 is 0. The molecule has 0 bridgehead atoms. The maximum Gasteiger partial charge on any atom is 0.162 e. The van der Waals surface area contributed by atoms with Crippen LogP contribution in [0.3, 0.4) is 0 Å². The molecule has 1 aliphatic rings. The van der Waals surface area contributed by atoms with Gasteiger partial charge in [-0.3, -0.25) is 0 Å². The maximum atomic E-state index is 5.40. The van der Waals surface area contributed by atoms with Crippen LogP contribution in [0.25, 0.3) is 10.9 Å². The van der Waals surface area contributed by atoms with Crippen LogP contribution in [0.1, 0.15) is 24.3 Å². The minimum absolute atomic E-state index is 0.633. The van der Waals surface area contributed by atoms with Crippen molar-refractivity contribution in [1.82, 2.24) is 10.3 Å². The number of piperidine rings is 1. The SMILES string of the molecule is COc1cc2[nH]cc(C3CCNCC3)c2cc1OC. The van der Waals surface area contributed by atoms with Crippen LogP contribution < -0.4 is 14.8 Å². The number of rotatable bonds is 3. The lowest BCUT2D eigenvalue weighted by atomic mass is 9.90. The molecule has 0 unspecified atom stereocenters. The Morgan fingerprint density at radius 3 is 2.42 bits per heavy atom. The molecule has 0 aliphatic carbocycles. The van der Waals surface area contributed by atoms with Gasteiger partial charge in [0.05, 0.1) is 14.2 Å². The maximum absolute atomic E-state index is 5.40. The summed E-state index contributed by atoms with van der Waals surface area (Å²) in [5.41, 5.74) is 2.52. The summed E-state index contributed by atoms with van der Waals surface area (Å²) in [5, 5.41) is 4.66. The van der Waals surface area contributed by atoms with Gasteiger partial charge in [-0.1, -0.05) is 0 Å². The van der Waals surface area contributed by atoms with Gasteiger partial charge in [-0.15, -0.1) is 0 Å². The smallest absolute Gasteiger partial charge is 0.162 e. The third-order valence-corrected chi connectivity index (χ3v) is 4.00. The van der Waals surface area contributed by atoms with Crippen molar-refractivity contribution in [3.63, 3.8) is 0 Å². The van der Waals surface area contributed by atoms with Crippen LogP contribution in [-0.2, 0) is 0 Å². The van der Waals surface area contributed by atoms with Crippen LogP contribution in [0.5, 0.6) is 11.5 Å². The summed E-state index contributed by atoms with van der Waals surface area (Å²) in [4.78, 5) is 3.36. The van der Waals surface area contributed by atoms with E-state index in [1.807, 2.05) is 6.07 Å². The Hall–Kier alpha value is -1.68. The average molecular weight is 260 g/mol. The molecule has 2 heterocycles. The molecule has 1 aromatic heterocycles. The molecule has 0 spiro atoms. The number of aromatic nitrogens is 1. The number of hydrogen-bond acceptors (Lipinski definition) is 3. The van der Waals surface area contributed by atoms with Crippen molar-refractivity contribution >= 4 is 10.9 Å². The Bertz CT molecular complexity index is 571. The van der Waals surface area contributed by atoms with Gasteiger partial charge < -0.3 is 19.8 Å². The quantitative estimate of drug-likeness (QED) is 0.892. The molecular formula is C15H20N2O2. The third kappa shape index (κ3) is 2.16. The van der Waals surface area contributed by atoms with Gasteiger partial charge in [-0.05, 0) is 43.5 Å². The molecule has 0 amide bonds. The van der Waals surface area contributed by atoms with E-state index in [1.54, 1.807) is 14.2 Å². The summed E-state index contributed by atoms with van der Waals surface area (Å²) in [6, 6.07) is 4.10. The summed E-state index contributed by atoms with van der Waals surface area (Å²) in [5.74, 6) is 2.20. The molecule has 2 aromatic rings. The number of fused-ring (bicyclic) bond motifs is 1. The highest BCUT2D eigenvalue weighted by atomic mass is 16.5. The molecule has 1 aliphatic heterocycles. The van der Waals surface area contributed by atoms with Gasteiger partial charge in [0.25, 0.3) is 0 Å². The predicted molar refractivity (Wildman–Crippen MR) is 76.2 cm³/mol. The molecule has 1 fully saturated rings. The van der Waals surface area contributed by atoms with Crippen molar-refractivity contribution in [3.05, 3.63) is 23.9 Å². The molecule has 0 radical (unpaired) electrons. The van der Waals surface area contributed by atoms with Crippen LogP contribution in [0.2, 0.25) is 0 Å². The van der Waals surface area contributed by atoms with E-state index in [4.69, 9.17) is 9.47 Å². The van der Waals surface area contributed by atoms with E-state index < -0.39 is 0 Å². The summed E-state index contributed by atoms with van der Waals surface area (Å²) in [6.45, 7) is 2.20. The topological polar surface area (TPSA) is 46.3 Å². The molecule has 102 valence electrons. The number of hydrogen-bond donors (Lipinski definition) is 2. The van der Waals surface area contributed by atoms with Crippen LogP contribution in [-0.4, -0.2) is 32.3 Å². The average Bonchev–Trinajstić information content (AvgIpc) is 2.89. The number of aromatic amines is 1. The molecule has 1 saturated heterocycles. The second-order valence-electron chi connectivity index (χ2n) is 5.02. The van der Waals surface area contributed by atoms with Crippen molar-refractivity contribution in [2.75, 3.05) is 27.3 Å². The van der Waals surface area contributed by atoms with Gasteiger partial charge in [0.2, 0.25) is 0 Å². The number of nitrogens with one attached hydrogen (secondary N) is 2. The number of ether oxygens (including phenoxy) is 2. The fraction of sp³-hybridized carbons (Fsp3) is 0.467. The Labute approximate surface area is 113 Å². The lowest BCUT2D eigenvalue weighted by Gasteiger charge is -2.22. The first-order valence-electron chi connectivity index (χ1n) is 6.77. The fourth-order valence-corrected chi connectivity index (χ4v) is 2.94. The lowest BCUT2D eigenvalue weighted by molar-refractivity contribution is 0.356. The molecule has 1 aromatic carbocycles. The van der Waals surface area contributed by atoms with Gasteiger partial charge in [-0.25, -0.2) is 0 Å². The van der Waals surface area contributed by atoms with Gasteiger partial charge >= 0.3 is 0 Å². The molecule has 4 heteroatoms. The van der Waals surface area contributed by atoms with E-state index in [-0.39, 0.29) is 0 Å². The van der Waals surface area contributed by atoms with E-state index in [1.165, 1.54) is 23.8 Å². The van der Waals surface area contributed by atoms with E-state index in [0.717, 1.165) is 30.1 Å². The third-order valence-electron chi connectivity index (χ3n) is 4.00. The zero-order valence-electron chi connectivity index (χ0n) is 11.5. The largest absolute Gasteiger partial charge is 0.493 e. The zero-order chi connectivity index (χ0) is 13.2. The van der Waals surface area contributed by atoms with Crippen LogP contribution in [0.15, 0.2) is 18.3 Å². The van der Waals surface area contributed by atoms with Gasteiger partial charge in [0.1, 0.15) is 0 Å². The molecule has 4 nitrogen and oxygen atoms in total. The first-order valence-corrected chi connectivity index (χ1v) is 6.77. The Morgan fingerprint density at radius 2 is 1.74 bits per heavy atom. The predicted octanol–water partition coefficient (Wildman–Crippen LogP) is 2.65. The van der Waals surface area contributed by atoms with E-state index in [9.17, 15) is 0 Å². The van der Waals surface area contributed by atoms with Crippen LogP contribution >= 0.6 is 0 Å².